The van der Waals surface area contributed by atoms with Gasteiger partial charge in [0.1, 0.15) is 10.8 Å². The fraction of sp³-hybridized carbons (Fsp3) is 0.333. The molecule has 180 valence electrons. The molecule has 0 bridgehead atoms. The zero-order valence-corrected chi connectivity index (χ0v) is 21.1. The molecule has 0 amide bonds. The van der Waals surface area contributed by atoms with E-state index >= 15 is 0 Å². The molecule has 0 spiro atoms. The van der Waals surface area contributed by atoms with Crippen LogP contribution in [0.2, 0.25) is 5.02 Å². The van der Waals surface area contributed by atoms with E-state index in [1.54, 1.807) is 38.1 Å². The maximum Gasteiger partial charge on any atom is 0.229 e. The van der Waals surface area contributed by atoms with Crippen LogP contribution < -0.4 is 20.7 Å². The molecular weight excluding hydrogens is 474 g/mol. The van der Waals surface area contributed by atoms with Crippen molar-refractivity contribution in [1.82, 2.24) is 15.3 Å². The lowest BCUT2D eigenvalue weighted by atomic mass is 10.1. The zero-order chi connectivity index (χ0) is 24.5. The summed E-state index contributed by atoms with van der Waals surface area (Å²) in [5.41, 5.74) is 3.52. The summed E-state index contributed by atoms with van der Waals surface area (Å²) in [6.45, 7) is 8.82. The predicted octanol–water partition coefficient (Wildman–Crippen LogP) is 5.19. The lowest BCUT2D eigenvalue weighted by Gasteiger charge is -2.18. The highest BCUT2D eigenvalue weighted by atomic mass is 35.5. The number of fused-ring (bicyclic) bond motifs is 1. The van der Waals surface area contributed by atoms with Gasteiger partial charge in [-0.3, -0.25) is 0 Å². The van der Waals surface area contributed by atoms with Crippen molar-refractivity contribution in [1.29, 1.82) is 0 Å². The van der Waals surface area contributed by atoms with Gasteiger partial charge in [0.15, 0.2) is 15.7 Å². The quantitative estimate of drug-likeness (QED) is 0.387. The Morgan fingerprint density at radius 2 is 1.74 bits per heavy atom. The van der Waals surface area contributed by atoms with E-state index in [9.17, 15) is 8.42 Å². The Balaban J connectivity index is 1.67. The molecule has 10 heteroatoms. The molecule has 3 N–H and O–H groups in total. The molecule has 0 radical (unpaired) electrons. The zero-order valence-electron chi connectivity index (χ0n) is 19.5. The lowest BCUT2D eigenvalue weighted by Crippen LogP contribution is -2.15. The van der Waals surface area contributed by atoms with Gasteiger partial charge in [-0.25, -0.2) is 13.4 Å². The van der Waals surface area contributed by atoms with E-state index < -0.39 is 15.1 Å². The smallest absolute Gasteiger partial charge is 0.229 e. The first-order valence-electron chi connectivity index (χ1n) is 11.1. The van der Waals surface area contributed by atoms with Gasteiger partial charge in [0.25, 0.3) is 0 Å². The fourth-order valence-electron chi connectivity index (χ4n) is 3.61. The summed E-state index contributed by atoms with van der Waals surface area (Å²) in [6, 6.07) is 10.8. The number of benzene rings is 2. The van der Waals surface area contributed by atoms with Crippen LogP contribution in [0.15, 0.2) is 47.5 Å². The molecule has 34 heavy (non-hydrogen) atoms. The third-order valence-electron chi connectivity index (χ3n) is 5.35. The van der Waals surface area contributed by atoms with Crippen LogP contribution in [-0.2, 0) is 22.9 Å². The van der Waals surface area contributed by atoms with Crippen molar-refractivity contribution < 1.29 is 13.2 Å². The SMILES string of the molecule is CC(C)Oc1cc2c(cc1Nc1ncc(Cl)c(Nc3ccccc3S(=O)(=O)C(C)C)n1)CNC2. The topological polar surface area (TPSA) is 105 Å². The molecule has 1 aromatic heterocycles. The molecular formula is C24H28ClN5O3S. The van der Waals surface area contributed by atoms with Gasteiger partial charge >= 0.3 is 0 Å². The van der Waals surface area contributed by atoms with Gasteiger partial charge in [0.05, 0.1) is 33.8 Å². The average Bonchev–Trinajstić information content (AvgIpc) is 3.23. The minimum absolute atomic E-state index is 0.00395. The highest BCUT2D eigenvalue weighted by Gasteiger charge is 2.23. The van der Waals surface area contributed by atoms with Crippen LogP contribution in [0.5, 0.6) is 5.75 Å². The minimum Gasteiger partial charge on any atom is -0.489 e. The monoisotopic (exact) mass is 501 g/mol. The number of nitrogens with one attached hydrogen (secondary N) is 3. The van der Waals surface area contributed by atoms with E-state index in [0.717, 1.165) is 18.8 Å². The lowest BCUT2D eigenvalue weighted by molar-refractivity contribution is 0.243. The number of nitrogens with zero attached hydrogens (tertiary/aromatic N) is 2. The minimum atomic E-state index is -3.51. The van der Waals surface area contributed by atoms with E-state index in [2.05, 4.69) is 25.9 Å². The molecule has 3 aromatic rings. The van der Waals surface area contributed by atoms with Crippen molar-refractivity contribution in [3.63, 3.8) is 0 Å². The van der Waals surface area contributed by atoms with Gasteiger partial charge in [0, 0.05) is 13.1 Å². The molecule has 1 aliphatic heterocycles. The second-order valence-electron chi connectivity index (χ2n) is 8.62. The summed E-state index contributed by atoms with van der Waals surface area (Å²) in [5.74, 6) is 1.30. The third-order valence-corrected chi connectivity index (χ3v) is 7.84. The predicted molar refractivity (Wildman–Crippen MR) is 135 cm³/mol. The maximum atomic E-state index is 12.8. The molecule has 0 saturated heterocycles. The number of anilines is 4. The Labute approximate surface area is 205 Å². The van der Waals surface area contributed by atoms with Crippen molar-refractivity contribution in [3.8, 4) is 5.75 Å². The summed E-state index contributed by atoms with van der Waals surface area (Å²) in [6.07, 6.45) is 1.46. The Kier molecular flexibility index (Phi) is 6.97. The summed E-state index contributed by atoms with van der Waals surface area (Å²) >= 11 is 6.36. The van der Waals surface area contributed by atoms with Gasteiger partial charge in [-0.15, -0.1) is 0 Å². The van der Waals surface area contributed by atoms with Gasteiger partial charge in [0.2, 0.25) is 5.95 Å². The van der Waals surface area contributed by atoms with Crippen molar-refractivity contribution >= 4 is 44.6 Å². The number of aromatic nitrogens is 2. The van der Waals surface area contributed by atoms with Gasteiger partial charge in [-0.1, -0.05) is 23.7 Å². The molecule has 4 rings (SSSR count). The summed E-state index contributed by atoms with van der Waals surface area (Å²) < 4.78 is 31.6. The van der Waals surface area contributed by atoms with Crippen molar-refractivity contribution in [2.24, 2.45) is 0 Å². The van der Waals surface area contributed by atoms with Crippen LogP contribution in [0.25, 0.3) is 0 Å². The highest BCUT2D eigenvalue weighted by Crippen LogP contribution is 2.35. The maximum absolute atomic E-state index is 12.8. The number of hydrogen-bond donors (Lipinski definition) is 3. The first-order valence-corrected chi connectivity index (χ1v) is 13.0. The van der Waals surface area contributed by atoms with Gasteiger partial charge in [-0.2, -0.15) is 4.98 Å². The molecule has 0 atom stereocenters. The second kappa shape index (κ2) is 9.77. The third kappa shape index (κ3) is 5.11. The van der Waals surface area contributed by atoms with Crippen molar-refractivity contribution in [2.45, 2.75) is 57.0 Å². The van der Waals surface area contributed by atoms with Gasteiger partial charge < -0.3 is 20.7 Å². The van der Waals surface area contributed by atoms with Crippen LogP contribution in [-0.4, -0.2) is 29.7 Å². The first-order chi connectivity index (χ1) is 16.1. The normalized spacial score (nSPS) is 13.3. The molecule has 8 nitrogen and oxygen atoms in total. The van der Waals surface area contributed by atoms with E-state index in [1.807, 2.05) is 26.0 Å². The standard InChI is InChI=1S/C24H28ClN5O3S/c1-14(2)33-21-10-17-12-26-11-16(17)9-20(21)29-24-27-13-18(25)23(30-24)28-19-7-5-6-8-22(19)34(31,32)15(3)4/h5-10,13-15,26H,11-12H2,1-4H3,(H2,27,28,29,30). The van der Waals surface area contributed by atoms with Crippen LogP contribution in [0.4, 0.5) is 23.1 Å². The summed E-state index contributed by atoms with van der Waals surface area (Å²) in [5, 5.41) is 9.34. The average molecular weight is 502 g/mol. The molecule has 1 aliphatic rings. The molecule has 0 fully saturated rings. The highest BCUT2D eigenvalue weighted by molar-refractivity contribution is 7.92. The number of hydrogen-bond acceptors (Lipinski definition) is 8. The Hall–Kier alpha value is -2.88. The summed E-state index contributed by atoms with van der Waals surface area (Å²) in [4.78, 5) is 9.01. The largest absolute Gasteiger partial charge is 0.489 e. The molecule has 0 unspecified atom stereocenters. The Morgan fingerprint density at radius 1 is 1.03 bits per heavy atom. The molecule has 0 saturated carbocycles. The van der Waals surface area contributed by atoms with E-state index in [4.69, 9.17) is 16.3 Å². The van der Waals surface area contributed by atoms with Crippen LogP contribution in [0.1, 0.15) is 38.8 Å². The van der Waals surface area contributed by atoms with Crippen LogP contribution in [0.3, 0.4) is 0 Å². The Bertz CT molecular complexity index is 1310. The molecule has 2 heterocycles. The number of ether oxygens (including phenoxy) is 1. The fourth-order valence-corrected chi connectivity index (χ4v) is 4.95. The van der Waals surface area contributed by atoms with E-state index in [-0.39, 0.29) is 16.0 Å². The number of sulfone groups is 1. The van der Waals surface area contributed by atoms with E-state index in [0.29, 0.717) is 23.2 Å². The first kappa shape index (κ1) is 24.3. The number of halogens is 1. The van der Waals surface area contributed by atoms with Crippen LogP contribution >= 0.6 is 11.6 Å². The Morgan fingerprint density at radius 3 is 2.44 bits per heavy atom. The van der Waals surface area contributed by atoms with Crippen LogP contribution in [0, 0.1) is 0 Å². The summed E-state index contributed by atoms with van der Waals surface area (Å²) in [7, 11) is -3.51. The van der Waals surface area contributed by atoms with Gasteiger partial charge in [-0.05, 0) is 63.1 Å². The molecule has 0 aliphatic carbocycles. The van der Waals surface area contributed by atoms with Crippen molar-refractivity contribution in [2.75, 3.05) is 10.6 Å². The van der Waals surface area contributed by atoms with Crippen molar-refractivity contribution in [3.05, 3.63) is 58.7 Å². The number of para-hydroxylation sites is 1. The second-order valence-corrected chi connectivity index (χ2v) is 11.5. The number of rotatable bonds is 8. The molecule has 2 aromatic carbocycles. The van der Waals surface area contributed by atoms with E-state index in [1.165, 1.54) is 17.3 Å².